The van der Waals surface area contributed by atoms with Crippen LogP contribution in [0.3, 0.4) is 0 Å². The molecule has 4 aromatic rings. The van der Waals surface area contributed by atoms with Gasteiger partial charge in [0.25, 0.3) is 0 Å². The van der Waals surface area contributed by atoms with Gasteiger partial charge in [-0.2, -0.15) is 10.2 Å². The lowest BCUT2D eigenvalue weighted by molar-refractivity contribution is 0.208. The lowest BCUT2D eigenvalue weighted by Crippen LogP contribution is -2.16. The Morgan fingerprint density at radius 3 is 2.92 bits per heavy atom. The molecular formula is C18H19N7O. The average Bonchev–Trinajstić information content (AvgIpc) is 3.26. The number of aliphatic hydroxyl groups excluding tert-OH is 1. The number of aromatic amines is 1. The summed E-state index contributed by atoms with van der Waals surface area (Å²) >= 11 is 0. The zero-order valence-corrected chi connectivity index (χ0v) is 14.5. The molecule has 1 atom stereocenters. The molecule has 0 radical (unpaired) electrons. The molecule has 0 aromatic carbocycles. The molecule has 0 aliphatic carbocycles. The van der Waals surface area contributed by atoms with E-state index in [0.717, 1.165) is 33.5 Å². The molecule has 0 aliphatic rings. The van der Waals surface area contributed by atoms with Gasteiger partial charge in [-0.1, -0.05) is 6.07 Å². The highest BCUT2D eigenvalue weighted by molar-refractivity contribution is 5.93. The number of nitrogens with one attached hydrogen (secondary N) is 2. The number of aliphatic hydroxyl groups is 1. The van der Waals surface area contributed by atoms with Crippen molar-refractivity contribution in [1.82, 2.24) is 29.9 Å². The van der Waals surface area contributed by atoms with Gasteiger partial charge in [0.15, 0.2) is 0 Å². The Kier molecular flexibility index (Phi) is 4.10. The first-order valence-corrected chi connectivity index (χ1v) is 8.32. The van der Waals surface area contributed by atoms with Crippen LogP contribution >= 0.6 is 0 Å². The molecule has 1 unspecified atom stereocenters. The van der Waals surface area contributed by atoms with Crippen molar-refractivity contribution < 1.29 is 5.11 Å². The number of rotatable bonds is 5. The highest BCUT2D eigenvalue weighted by atomic mass is 16.3. The van der Waals surface area contributed by atoms with Gasteiger partial charge in [0.1, 0.15) is 11.5 Å². The van der Waals surface area contributed by atoms with E-state index in [0.29, 0.717) is 12.4 Å². The molecule has 3 N–H and O–H groups in total. The van der Waals surface area contributed by atoms with Crippen molar-refractivity contribution in [1.29, 1.82) is 0 Å². The predicted octanol–water partition coefficient (Wildman–Crippen LogP) is 2.21. The molecule has 0 saturated carbocycles. The Morgan fingerprint density at radius 1 is 1.27 bits per heavy atom. The molecule has 8 nitrogen and oxygen atoms in total. The fourth-order valence-corrected chi connectivity index (χ4v) is 2.74. The maximum absolute atomic E-state index is 9.43. The molecule has 0 amide bonds. The Morgan fingerprint density at radius 2 is 2.15 bits per heavy atom. The van der Waals surface area contributed by atoms with E-state index in [2.05, 4.69) is 30.6 Å². The standard InChI is InChI=1S/C18H19N7O/c1-11(26)7-20-17-5-3-4-14(22-17)18-13-6-15(12-8-21-25(2)10-12)19-9-16(13)23-24-18/h3-6,8-11,26H,7H2,1-2H3,(H,20,22)(H,23,24). The molecule has 4 heterocycles. The molecule has 0 fully saturated rings. The van der Waals surface area contributed by atoms with Gasteiger partial charge in [0.2, 0.25) is 0 Å². The number of pyridine rings is 2. The topological polar surface area (TPSA) is 105 Å². The predicted molar refractivity (Wildman–Crippen MR) is 99.5 cm³/mol. The number of fused-ring (bicyclic) bond motifs is 1. The van der Waals surface area contributed by atoms with Crippen LogP contribution < -0.4 is 5.32 Å². The van der Waals surface area contributed by atoms with E-state index in [1.54, 1.807) is 24.0 Å². The number of aromatic nitrogens is 6. The van der Waals surface area contributed by atoms with E-state index >= 15 is 0 Å². The number of hydrogen-bond acceptors (Lipinski definition) is 6. The van der Waals surface area contributed by atoms with Gasteiger partial charge in [0, 0.05) is 30.7 Å². The first-order valence-electron chi connectivity index (χ1n) is 8.32. The third-order valence-corrected chi connectivity index (χ3v) is 4.02. The Balaban J connectivity index is 1.73. The number of aryl methyl sites for hydroxylation is 1. The van der Waals surface area contributed by atoms with Gasteiger partial charge in [-0.05, 0) is 25.1 Å². The Labute approximate surface area is 149 Å². The molecular weight excluding hydrogens is 330 g/mol. The fourth-order valence-electron chi connectivity index (χ4n) is 2.74. The second-order valence-electron chi connectivity index (χ2n) is 6.23. The zero-order valence-electron chi connectivity index (χ0n) is 14.5. The van der Waals surface area contributed by atoms with Gasteiger partial charge < -0.3 is 10.4 Å². The Bertz CT molecular complexity index is 1050. The molecule has 26 heavy (non-hydrogen) atoms. The van der Waals surface area contributed by atoms with Crippen LogP contribution in [0.25, 0.3) is 33.5 Å². The summed E-state index contributed by atoms with van der Waals surface area (Å²) in [4.78, 5) is 9.08. The molecule has 0 spiro atoms. The highest BCUT2D eigenvalue weighted by Crippen LogP contribution is 2.28. The quantitative estimate of drug-likeness (QED) is 0.510. The molecule has 132 valence electrons. The first-order chi connectivity index (χ1) is 12.6. The summed E-state index contributed by atoms with van der Waals surface area (Å²) in [6, 6.07) is 7.68. The maximum Gasteiger partial charge on any atom is 0.126 e. The van der Waals surface area contributed by atoms with Crippen LogP contribution in [0, 0.1) is 0 Å². The highest BCUT2D eigenvalue weighted by Gasteiger charge is 2.13. The van der Waals surface area contributed by atoms with Gasteiger partial charge >= 0.3 is 0 Å². The minimum atomic E-state index is -0.445. The van der Waals surface area contributed by atoms with E-state index in [-0.39, 0.29) is 0 Å². The van der Waals surface area contributed by atoms with E-state index in [1.165, 1.54) is 0 Å². The number of anilines is 1. The van der Waals surface area contributed by atoms with E-state index in [4.69, 9.17) is 0 Å². The second-order valence-corrected chi connectivity index (χ2v) is 6.23. The van der Waals surface area contributed by atoms with Crippen LogP contribution in [0.15, 0.2) is 42.9 Å². The number of H-pyrrole nitrogens is 1. The van der Waals surface area contributed by atoms with Gasteiger partial charge in [-0.15, -0.1) is 0 Å². The van der Waals surface area contributed by atoms with Crippen LogP contribution in [-0.4, -0.2) is 47.7 Å². The summed E-state index contributed by atoms with van der Waals surface area (Å²) in [7, 11) is 1.88. The van der Waals surface area contributed by atoms with E-state index in [9.17, 15) is 5.11 Å². The largest absolute Gasteiger partial charge is 0.392 e. The SMILES string of the molecule is CC(O)CNc1cccc(-c2n[nH]c3cnc(-c4cnn(C)c4)cc23)n1. The van der Waals surface area contributed by atoms with Gasteiger partial charge in [-0.3, -0.25) is 14.8 Å². The van der Waals surface area contributed by atoms with Crippen LogP contribution in [0.1, 0.15) is 6.92 Å². The van der Waals surface area contributed by atoms with Crippen molar-refractivity contribution in [2.45, 2.75) is 13.0 Å². The summed E-state index contributed by atoms with van der Waals surface area (Å²) in [5.41, 5.74) is 4.12. The fraction of sp³-hybridized carbons (Fsp3) is 0.222. The van der Waals surface area contributed by atoms with Gasteiger partial charge in [-0.25, -0.2) is 4.98 Å². The third kappa shape index (κ3) is 3.14. The molecule has 4 rings (SSSR count). The summed E-state index contributed by atoms with van der Waals surface area (Å²) in [5, 5.41) is 25.1. The van der Waals surface area contributed by atoms with Crippen LogP contribution in [0.4, 0.5) is 5.82 Å². The smallest absolute Gasteiger partial charge is 0.126 e. The average molecular weight is 349 g/mol. The zero-order chi connectivity index (χ0) is 18.1. The van der Waals surface area contributed by atoms with Crippen LogP contribution in [-0.2, 0) is 7.05 Å². The second kappa shape index (κ2) is 6.57. The van der Waals surface area contributed by atoms with E-state index < -0.39 is 6.10 Å². The normalized spacial score (nSPS) is 12.4. The monoisotopic (exact) mass is 349 g/mol. The molecule has 4 aromatic heterocycles. The minimum Gasteiger partial charge on any atom is -0.392 e. The van der Waals surface area contributed by atoms with Crippen molar-refractivity contribution in [2.24, 2.45) is 7.05 Å². The number of hydrogen-bond donors (Lipinski definition) is 3. The maximum atomic E-state index is 9.43. The summed E-state index contributed by atoms with van der Waals surface area (Å²) in [6.45, 7) is 2.16. The van der Waals surface area contributed by atoms with Crippen molar-refractivity contribution >= 4 is 16.7 Å². The number of nitrogens with zero attached hydrogens (tertiary/aromatic N) is 5. The lowest BCUT2D eigenvalue weighted by atomic mass is 10.1. The van der Waals surface area contributed by atoms with Crippen LogP contribution in [0.5, 0.6) is 0 Å². The van der Waals surface area contributed by atoms with E-state index in [1.807, 2.05) is 37.5 Å². The third-order valence-electron chi connectivity index (χ3n) is 4.02. The van der Waals surface area contributed by atoms with Crippen molar-refractivity contribution in [3.05, 3.63) is 42.9 Å². The Hall–Kier alpha value is -3.26. The molecule has 8 heteroatoms. The first kappa shape index (κ1) is 16.2. The summed E-state index contributed by atoms with van der Waals surface area (Å²) in [6.07, 6.45) is 5.03. The summed E-state index contributed by atoms with van der Waals surface area (Å²) < 4.78 is 1.75. The molecule has 0 bridgehead atoms. The van der Waals surface area contributed by atoms with Gasteiger partial charge in [0.05, 0.1) is 35.4 Å². The molecule has 0 aliphatic heterocycles. The van der Waals surface area contributed by atoms with Crippen LogP contribution in [0.2, 0.25) is 0 Å². The summed E-state index contributed by atoms with van der Waals surface area (Å²) in [5.74, 6) is 0.695. The molecule has 0 saturated heterocycles. The lowest BCUT2D eigenvalue weighted by Gasteiger charge is -2.08. The minimum absolute atomic E-state index is 0.437. The van der Waals surface area contributed by atoms with Crippen molar-refractivity contribution in [2.75, 3.05) is 11.9 Å². The van der Waals surface area contributed by atoms with Crippen molar-refractivity contribution in [3.8, 4) is 22.6 Å². The van der Waals surface area contributed by atoms with Crippen molar-refractivity contribution in [3.63, 3.8) is 0 Å².